The topological polar surface area (TPSA) is 66.4 Å². The zero-order chi connectivity index (χ0) is 15.8. The van der Waals surface area contributed by atoms with Gasteiger partial charge >= 0.3 is 5.97 Å². The summed E-state index contributed by atoms with van der Waals surface area (Å²) in [5.74, 6) is -1.30. The second-order valence-electron chi connectivity index (χ2n) is 5.17. The molecule has 0 spiro atoms. The van der Waals surface area contributed by atoms with Crippen LogP contribution in [0.25, 0.3) is 0 Å². The van der Waals surface area contributed by atoms with E-state index < -0.39 is 12.0 Å². The van der Waals surface area contributed by atoms with Gasteiger partial charge in [-0.2, -0.15) is 0 Å². The summed E-state index contributed by atoms with van der Waals surface area (Å²) in [7, 11) is 0. The van der Waals surface area contributed by atoms with Gasteiger partial charge in [0.2, 0.25) is 0 Å². The van der Waals surface area contributed by atoms with Crippen LogP contribution in [0.15, 0.2) is 29.2 Å². The van der Waals surface area contributed by atoms with E-state index in [0.29, 0.717) is 17.2 Å². The molecule has 0 heterocycles. The first-order valence-corrected chi connectivity index (χ1v) is 8.13. The van der Waals surface area contributed by atoms with Crippen LogP contribution >= 0.6 is 11.8 Å². The van der Waals surface area contributed by atoms with E-state index >= 15 is 0 Å². The molecule has 0 saturated carbocycles. The van der Waals surface area contributed by atoms with Crippen LogP contribution in [0.1, 0.15) is 50.4 Å². The van der Waals surface area contributed by atoms with Crippen molar-refractivity contribution >= 4 is 23.6 Å². The summed E-state index contributed by atoms with van der Waals surface area (Å²) >= 11 is 1.60. The van der Waals surface area contributed by atoms with Crippen LogP contribution < -0.4 is 5.32 Å². The predicted molar refractivity (Wildman–Crippen MR) is 85.9 cm³/mol. The van der Waals surface area contributed by atoms with E-state index in [9.17, 15) is 14.7 Å². The van der Waals surface area contributed by atoms with Gasteiger partial charge in [-0.3, -0.25) is 4.79 Å². The Morgan fingerprint density at radius 3 is 2.52 bits per heavy atom. The normalized spacial score (nSPS) is 12.2. The third kappa shape index (κ3) is 5.79. The first kappa shape index (κ1) is 17.6. The maximum atomic E-state index is 12.3. The number of thioether (sulfide) groups is 1. The monoisotopic (exact) mass is 309 g/mol. The number of nitrogens with one attached hydrogen (secondary N) is 1. The quantitative estimate of drug-likeness (QED) is 0.721. The fourth-order valence-corrected chi connectivity index (χ4v) is 2.87. The van der Waals surface area contributed by atoms with Gasteiger partial charge in [0.05, 0.1) is 5.56 Å². The Hall–Kier alpha value is -1.49. The van der Waals surface area contributed by atoms with Crippen molar-refractivity contribution in [3.8, 4) is 0 Å². The van der Waals surface area contributed by atoms with Gasteiger partial charge in [-0.05, 0) is 18.6 Å². The molecule has 0 aliphatic heterocycles. The van der Waals surface area contributed by atoms with Crippen LogP contribution in [0.2, 0.25) is 0 Å². The van der Waals surface area contributed by atoms with E-state index in [1.54, 1.807) is 23.9 Å². The number of carboxylic acids is 1. The molecule has 21 heavy (non-hydrogen) atoms. The van der Waals surface area contributed by atoms with Crippen LogP contribution in [0.4, 0.5) is 0 Å². The largest absolute Gasteiger partial charge is 0.480 e. The van der Waals surface area contributed by atoms with Gasteiger partial charge in [-0.1, -0.05) is 45.7 Å². The molecule has 1 rings (SSSR count). The summed E-state index contributed by atoms with van der Waals surface area (Å²) < 4.78 is 0. The molecule has 1 aromatic carbocycles. The standard InChI is InChI=1S/C16H23NO3S/c1-4-5-9-13(16(19)20)17-15(18)12-8-6-7-10-14(12)21-11(2)3/h6-8,10-11,13H,4-5,9H2,1-3H3,(H,17,18)(H,19,20)/t13-/m0/s1. The zero-order valence-electron chi connectivity index (χ0n) is 12.8. The fraction of sp³-hybridized carbons (Fsp3) is 0.500. The summed E-state index contributed by atoms with van der Waals surface area (Å²) in [4.78, 5) is 24.4. The van der Waals surface area contributed by atoms with Gasteiger partial charge in [-0.25, -0.2) is 4.79 Å². The van der Waals surface area contributed by atoms with Crippen molar-refractivity contribution in [2.45, 2.75) is 56.2 Å². The van der Waals surface area contributed by atoms with Crippen molar-refractivity contribution in [1.29, 1.82) is 0 Å². The van der Waals surface area contributed by atoms with Crippen molar-refractivity contribution in [2.24, 2.45) is 0 Å². The molecule has 0 aliphatic carbocycles. The lowest BCUT2D eigenvalue weighted by atomic mass is 10.1. The average Bonchev–Trinajstić information content (AvgIpc) is 2.42. The summed E-state index contributed by atoms with van der Waals surface area (Å²) in [6.45, 7) is 6.11. The van der Waals surface area contributed by atoms with E-state index in [1.807, 2.05) is 19.1 Å². The van der Waals surface area contributed by atoms with Crippen molar-refractivity contribution in [3.05, 3.63) is 29.8 Å². The maximum absolute atomic E-state index is 12.3. The number of carbonyl (C=O) groups is 2. The number of unbranched alkanes of at least 4 members (excludes halogenated alkanes) is 1. The van der Waals surface area contributed by atoms with Crippen LogP contribution in [-0.2, 0) is 4.79 Å². The van der Waals surface area contributed by atoms with Crippen molar-refractivity contribution < 1.29 is 14.7 Å². The number of hydrogen-bond donors (Lipinski definition) is 2. The van der Waals surface area contributed by atoms with Crippen LogP contribution in [0, 0.1) is 0 Å². The Balaban J connectivity index is 2.84. The van der Waals surface area contributed by atoms with E-state index in [-0.39, 0.29) is 5.91 Å². The molecule has 116 valence electrons. The molecule has 0 unspecified atom stereocenters. The molecule has 0 bridgehead atoms. The van der Waals surface area contributed by atoms with Gasteiger partial charge in [0.25, 0.3) is 5.91 Å². The lowest BCUT2D eigenvalue weighted by molar-refractivity contribution is -0.139. The minimum Gasteiger partial charge on any atom is -0.480 e. The highest BCUT2D eigenvalue weighted by molar-refractivity contribution is 8.00. The number of aliphatic carboxylic acids is 1. The van der Waals surface area contributed by atoms with Crippen molar-refractivity contribution in [3.63, 3.8) is 0 Å². The first-order valence-electron chi connectivity index (χ1n) is 7.25. The van der Waals surface area contributed by atoms with E-state index in [1.165, 1.54) is 0 Å². The van der Waals surface area contributed by atoms with Gasteiger partial charge in [-0.15, -0.1) is 11.8 Å². The van der Waals surface area contributed by atoms with Gasteiger partial charge in [0.15, 0.2) is 0 Å². The molecule has 0 radical (unpaired) electrons. The molecule has 5 heteroatoms. The Kier molecular flexibility index (Phi) is 7.29. The molecule has 0 aromatic heterocycles. The average molecular weight is 309 g/mol. The Bertz CT molecular complexity index is 488. The summed E-state index contributed by atoms with van der Waals surface area (Å²) in [6, 6.07) is 6.48. The summed E-state index contributed by atoms with van der Waals surface area (Å²) in [6.07, 6.45) is 2.14. The van der Waals surface area contributed by atoms with Crippen molar-refractivity contribution in [2.75, 3.05) is 0 Å². The zero-order valence-corrected chi connectivity index (χ0v) is 13.6. The van der Waals surface area contributed by atoms with Crippen LogP contribution in [0.3, 0.4) is 0 Å². The third-order valence-corrected chi connectivity index (χ3v) is 4.03. The van der Waals surface area contributed by atoms with Crippen LogP contribution in [-0.4, -0.2) is 28.3 Å². The number of amides is 1. The number of benzene rings is 1. The molecule has 4 nitrogen and oxygen atoms in total. The minimum atomic E-state index is -0.981. The molecule has 1 atom stereocenters. The molecule has 2 N–H and O–H groups in total. The molecule has 0 fully saturated rings. The lowest BCUT2D eigenvalue weighted by Gasteiger charge is -2.16. The number of hydrogen-bond acceptors (Lipinski definition) is 3. The second kappa shape index (κ2) is 8.72. The van der Waals surface area contributed by atoms with Gasteiger partial charge in [0, 0.05) is 10.1 Å². The molecular weight excluding hydrogens is 286 g/mol. The molecule has 0 aliphatic rings. The van der Waals surface area contributed by atoms with Crippen LogP contribution in [0.5, 0.6) is 0 Å². The molecular formula is C16H23NO3S. The van der Waals surface area contributed by atoms with E-state index in [2.05, 4.69) is 19.2 Å². The summed E-state index contributed by atoms with van der Waals surface area (Å²) in [5.41, 5.74) is 0.541. The smallest absolute Gasteiger partial charge is 0.326 e. The SMILES string of the molecule is CCCC[C@H](NC(=O)c1ccccc1SC(C)C)C(=O)O. The van der Waals surface area contributed by atoms with E-state index in [4.69, 9.17) is 0 Å². The third-order valence-electron chi connectivity index (χ3n) is 2.94. The highest BCUT2D eigenvalue weighted by Gasteiger charge is 2.21. The highest BCUT2D eigenvalue weighted by atomic mass is 32.2. The Morgan fingerprint density at radius 1 is 1.29 bits per heavy atom. The predicted octanol–water partition coefficient (Wildman–Crippen LogP) is 3.56. The minimum absolute atomic E-state index is 0.317. The lowest BCUT2D eigenvalue weighted by Crippen LogP contribution is -2.40. The number of rotatable bonds is 8. The number of carbonyl (C=O) groups excluding carboxylic acids is 1. The fourth-order valence-electron chi connectivity index (χ4n) is 1.91. The van der Waals surface area contributed by atoms with E-state index in [0.717, 1.165) is 17.7 Å². The Morgan fingerprint density at radius 2 is 1.95 bits per heavy atom. The highest BCUT2D eigenvalue weighted by Crippen LogP contribution is 2.26. The molecule has 0 saturated heterocycles. The summed E-state index contributed by atoms with van der Waals surface area (Å²) in [5, 5.41) is 12.2. The van der Waals surface area contributed by atoms with Crippen molar-refractivity contribution in [1.82, 2.24) is 5.32 Å². The first-order chi connectivity index (χ1) is 9.95. The number of carboxylic acid groups (broad SMARTS) is 1. The molecule has 1 aromatic rings. The maximum Gasteiger partial charge on any atom is 0.326 e. The Labute approximate surface area is 130 Å². The molecule has 1 amide bonds. The van der Waals surface area contributed by atoms with Gasteiger partial charge < -0.3 is 10.4 Å². The van der Waals surface area contributed by atoms with Gasteiger partial charge in [0.1, 0.15) is 6.04 Å². The second-order valence-corrected chi connectivity index (χ2v) is 6.79.